The molecular weight excluding hydrogens is 352 g/mol. The lowest BCUT2D eigenvalue weighted by molar-refractivity contribution is 0.0784. The van der Waals surface area contributed by atoms with E-state index in [2.05, 4.69) is 10.6 Å². The number of methoxy groups -OCH3 is 1. The second-order valence-electron chi connectivity index (χ2n) is 5.53. The molecule has 0 aliphatic heterocycles. The van der Waals surface area contributed by atoms with Gasteiger partial charge in [0.15, 0.2) is 0 Å². The molecule has 0 aliphatic carbocycles. The lowest BCUT2D eigenvalue weighted by Gasteiger charge is -2.19. The Balaban J connectivity index is 2.13. The largest absolute Gasteiger partial charge is 0.496 e. The number of rotatable bonds is 7. The summed E-state index contributed by atoms with van der Waals surface area (Å²) in [6.45, 7) is 0.275. The molecule has 7 heteroatoms. The highest BCUT2D eigenvalue weighted by molar-refractivity contribution is 7.89. The Kier molecular flexibility index (Phi) is 6.39. The van der Waals surface area contributed by atoms with Gasteiger partial charge in [-0.25, -0.2) is 8.42 Å². The minimum atomic E-state index is -3.68. The number of terminal acetylenes is 1. The Morgan fingerprint density at radius 3 is 2.46 bits per heavy atom. The maximum absolute atomic E-state index is 12.6. The zero-order valence-corrected chi connectivity index (χ0v) is 15.4. The number of sulfonamides is 1. The van der Waals surface area contributed by atoms with Gasteiger partial charge in [-0.1, -0.05) is 24.1 Å². The van der Waals surface area contributed by atoms with Crippen LogP contribution in [0.2, 0.25) is 0 Å². The van der Waals surface area contributed by atoms with E-state index in [1.54, 1.807) is 14.2 Å². The fraction of sp³-hybridized carbons (Fsp3) is 0.211. The molecule has 0 heterocycles. The molecule has 0 aliphatic rings. The van der Waals surface area contributed by atoms with E-state index in [9.17, 15) is 13.2 Å². The quantitative estimate of drug-likeness (QED) is 0.753. The van der Waals surface area contributed by atoms with Crippen LogP contribution in [0, 0.1) is 12.3 Å². The van der Waals surface area contributed by atoms with E-state index < -0.39 is 10.0 Å². The van der Waals surface area contributed by atoms with Crippen LogP contribution < -0.4 is 9.46 Å². The van der Waals surface area contributed by atoms with E-state index in [-0.39, 0.29) is 17.3 Å². The highest BCUT2D eigenvalue weighted by Crippen LogP contribution is 2.20. The van der Waals surface area contributed by atoms with Gasteiger partial charge >= 0.3 is 0 Å². The number of carbonyl (C=O) groups excluding carboxylic acids is 1. The zero-order valence-electron chi connectivity index (χ0n) is 14.6. The topological polar surface area (TPSA) is 75.7 Å². The molecular formula is C19H20N2O4S. The number of carbonyl (C=O) groups is 1. The van der Waals surface area contributed by atoms with Gasteiger partial charge < -0.3 is 9.64 Å². The Labute approximate surface area is 153 Å². The van der Waals surface area contributed by atoms with Crippen LogP contribution in [0.4, 0.5) is 0 Å². The predicted molar refractivity (Wildman–Crippen MR) is 99.3 cm³/mol. The average Bonchev–Trinajstić information content (AvgIpc) is 2.66. The molecule has 1 amide bonds. The van der Waals surface area contributed by atoms with Crippen molar-refractivity contribution in [3.05, 3.63) is 59.7 Å². The third-order valence-corrected chi connectivity index (χ3v) is 5.14. The summed E-state index contributed by atoms with van der Waals surface area (Å²) in [5.74, 6) is 2.69. The van der Waals surface area contributed by atoms with E-state index in [1.165, 1.54) is 29.2 Å². The first-order chi connectivity index (χ1) is 12.4. The van der Waals surface area contributed by atoms with Crippen LogP contribution in [0.1, 0.15) is 15.9 Å². The lowest BCUT2D eigenvalue weighted by atomic mass is 10.1. The highest BCUT2D eigenvalue weighted by Gasteiger charge is 2.17. The number of hydrogen-bond acceptors (Lipinski definition) is 4. The maximum Gasteiger partial charge on any atom is 0.253 e. The average molecular weight is 372 g/mol. The Hall–Kier alpha value is -2.82. The zero-order chi connectivity index (χ0) is 19.2. The molecule has 2 aromatic carbocycles. The van der Waals surface area contributed by atoms with Crippen molar-refractivity contribution in [2.24, 2.45) is 0 Å². The Bertz CT molecular complexity index is 915. The van der Waals surface area contributed by atoms with Crippen LogP contribution in [0.25, 0.3) is 0 Å². The van der Waals surface area contributed by atoms with Crippen molar-refractivity contribution in [2.45, 2.75) is 11.4 Å². The molecule has 0 spiro atoms. The Morgan fingerprint density at radius 1 is 1.19 bits per heavy atom. The molecule has 0 saturated carbocycles. The van der Waals surface area contributed by atoms with Gasteiger partial charge in [0.25, 0.3) is 5.91 Å². The van der Waals surface area contributed by atoms with Crippen LogP contribution in [0.5, 0.6) is 5.75 Å². The van der Waals surface area contributed by atoms with Crippen LogP contribution in [-0.2, 0) is 16.6 Å². The van der Waals surface area contributed by atoms with Crippen LogP contribution in [-0.4, -0.2) is 39.9 Å². The molecule has 26 heavy (non-hydrogen) atoms. The standard InChI is InChI=1S/C19H20N2O4S/c1-4-13-20-26(23,24)17-11-9-15(10-12-17)19(22)21(2)14-16-7-5-6-8-18(16)25-3/h1,5-12,20H,13-14H2,2-3H3. The van der Waals surface area contributed by atoms with Crippen LogP contribution >= 0.6 is 0 Å². The molecule has 0 radical (unpaired) electrons. The number of para-hydroxylation sites is 1. The minimum absolute atomic E-state index is 0.0525. The van der Waals surface area contributed by atoms with Gasteiger partial charge in [-0.3, -0.25) is 4.79 Å². The molecule has 1 N–H and O–H groups in total. The smallest absolute Gasteiger partial charge is 0.253 e. The van der Waals surface area contributed by atoms with Gasteiger partial charge in [-0.2, -0.15) is 4.72 Å². The molecule has 0 fully saturated rings. The van der Waals surface area contributed by atoms with Crippen molar-refractivity contribution in [3.8, 4) is 18.1 Å². The first kappa shape index (κ1) is 19.5. The van der Waals surface area contributed by atoms with Crippen molar-refractivity contribution in [1.29, 1.82) is 0 Å². The Morgan fingerprint density at radius 2 is 1.85 bits per heavy atom. The fourth-order valence-electron chi connectivity index (χ4n) is 2.38. The lowest BCUT2D eigenvalue weighted by Crippen LogP contribution is -2.27. The van der Waals surface area contributed by atoms with E-state index in [0.29, 0.717) is 17.9 Å². The molecule has 0 unspecified atom stereocenters. The van der Waals surface area contributed by atoms with Gasteiger partial charge in [0.05, 0.1) is 18.6 Å². The third kappa shape index (κ3) is 4.63. The van der Waals surface area contributed by atoms with E-state index in [1.807, 2.05) is 24.3 Å². The van der Waals surface area contributed by atoms with Gasteiger partial charge in [0.1, 0.15) is 5.75 Å². The van der Waals surface area contributed by atoms with Crippen molar-refractivity contribution < 1.29 is 17.9 Å². The number of hydrogen-bond donors (Lipinski definition) is 1. The number of amides is 1. The molecule has 2 rings (SSSR count). The number of benzene rings is 2. The molecule has 0 atom stereocenters. The summed E-state index contributed by atoms with van der Waals surface area (Å²) in [4.78, 5) is 14.2. The van der Waals surface area contributed by atoms with Gasteiger partial charge in [-0.15, -0.1) is 6.42 Å². The summed E-state index contributed by atoms with van der Waals surface area (Å²) < 4.78 is 31.6. The molecule has 2 aromatic rings. The summed E-state index contributed by atoms with van der Waals surface area (Å²) in [7, 11) is -0.425. The van der Waals surface area contributed by atoms with Crippen molar-refractivity contribution in [3.63, 3.8) is 0 Å². The maximum atomic E-state index is 12.6. The third-order valence-electron chi connectivity index (χ3n) is 3.72. The van der Waals surface area contributed by atoms with Crippen LogP contribution in [0.3, 0.4) is 0 Å². The predicted octanol–water partition coefficient (Wildman–Crippen LogP) is 1.88. The summed E-state index contributed by atoms with van der Waals surface area (Å²) in [5.41, 5.74) is 1.27. The summed E-state index contributed by atoms with van der Waals surface area (Å²) in [6.07, 6.45) is 5.06. The van der Waals surface area contributed by atoms with Crippen LogP contribution in [0.15, 0.2) is 53.4 Å². The normalized spacial score (nSPS) is 10.8. The summed E-state index contributed by atoms with van der Waals surface area (Å²) >= 11 is 0. The second kappa shape index (κ2) is 8.52. The van der Waals surface area contributed by atoms with Gasteiger partial charge in [0.2, 0.25) is 10.0 Å². The van der Waals surface area contributed by atoms with Crippen molar-refractivity contribution >= 4 is 15.9 Å². The van der Waals surface area contributed by atoms with E-state index in [4.69, 9.17) is 11.2 Å². The minimum Gasteiger partial charge on any atom is -0.496 e. The number of ether oxygens (including phenoxy) is 1. The molecule has 0 aromatic heterocycles. The first-order valence-corrected chi connectivity index (χ1v) is 9.28. The number of nitrogens with one attached hydrogen (secondary N) is 1. The molecule has 0 bridgehead atoms. The fourth-order valence-corrected chi connectivity index (χ4v) is 3.31. The molecule has 6 nitrogen and oxygen atoms in total. The first-order valence-electron chi connectivity index (χ1n) is 7.79. The van der Waals surface area contributed by atoms with Crippen molar-refractivity contribution in [2.75, 3.05) is 20.7 Å². The highest BCUT2D eigenvalue weighted by atomic mass is 32.2. The number of nitrogens with zero attached hydrogens (tertiary/aromatic N) is 1. The van der Waals surface area contributed by atoms with E-state index >= 15 is 0 Å². The van der Waals surface area contributed by atoms with Gasteiger partial charge in [-0.05, 0) is 30.3 Å². The second-order valence-corrected chi connectivity index (χ2v) is 7.29. The van der Waals surface area contributed by atoms with Crippen molar-refractivity contribution in [1.82, 2.24) is 9.62 Å². The van der Waals surface area contributed by atoms with E-state index in [0.717, 1.165) is 5.56 Å². The summed E-state index contributed by atoms with van der Waals surface area (Å²) in [5, 5.41) is 0. The molecule has 0 saturated heterocycles. The van der Waals surface area contributed by atoms with Gasteiger partial charge in [0, 0.05) is 24.7 Å². The SMILES string of the molecule is C#CCNS(=O)(=O)c1ccc(C(=O)N(C)Cc2ccccc2OC)cc1. The molecule has 136 valence electrons. The summed E-state index contributed by atoms with van der Waals surface area (Å²) in [6, 6.07) is 13.2. The monoisotopic (exact) mass is 372 g/mol.